The minimum atomic E-state index is -0.378. The zero-order valence-electron chi connectivity index (χ0n) is 21.1. The minimum Gasteiger partial charge on any atom is -0.497 e. The summed E-state index contributed by atoms with van der Waals surface area (Å²) in [6.07, 6.45) is 3.57. The third-order valence-electron chi connectivity index (χ3n) is 5.77. The summed E-state index contributed by atoms with van der Waals surface area (Å²) >= 11 is 0. The van der Waals surface area contributed by atoms with Crippen LogP contribution in [0.25, 0.3) is 23.0 Å². The summed E-state index contributed by atoms with van der Waals surface area (Å²) in [5, 5.41) is 9.68. The maximum Gasteiger partial charge on any atom is 0.323 e. The summed E-state index contributed by atoms with van der Waals surface area (Å²) in [6, 6.07) is 20.3. The molecular formula is C28H26N6O4. The molecule has 5 aromatic rings. The summed E-state index contributed by atoms with van der Waals surface area (Å²) in [5.41, 5.74) is 4.89. The molecule has 5 rings (SSSR count). The molecule has 0 aliphatic heterocycles. The molecule has 2 N–H and O–H groups in total. The lowest BCUT2D eigenvalue weighted by molar-refractivity contribution is 0.262. The minimum absolute atomic E-state index is 0.360. The maximum absolute atomic E-state index is 12.5. The monoisotopic (exact) mass is 510 g/mol. The van der Waals surface area contributed by atoms with Gasteiger partial charge in [-0.2, -0.15) is 4.98 Å². The van der Waals surface area contributed by atoms with Gasteiger partial charge in [-0.3, -0.25) is 0 Å². The number of methoxy groups -OCH3 is 2. The number of imidazole rings is 1. The van der Waals surface area contributed by atoms with Crippen LogP contribution < -0.4 is 20.1 Å². The number of aryl methyl sites for hydroxylation is 1. The molecule has 10 heteroatoms. The van der Waals surface area contributed by atoms with Gasteiger partial charge in [-0.15, -0.1) is 0 Å². The fourth-order valence-corrected chi connectivity index (χ4v) is 3.78. The lowest BCUT2D eigenvalue weighted by atomic mass is 10.1. The number of urea groups is 1. The number of carbonyl (C=O) groups excluding carboxylic acids is 1. The Hall–Kier alpha value is -5.12. The van der Waals surface area contributed by atoms with Crippen LogP contribution in [0, 0.1) is 6.92 Å². The molecule has 3 aromatic carbocycles. The molecule has 2 heterocycles. The first kappa shape index (κ1) is 24.6. The Morgan fingerprint density at radius 3 is 2.29 bits per heavy atom. The maximum atomic E-state index is 12.5. The Morgan fingerprint density at radius 2 is 1.61 bits per heavy atom. The second kappa shape index (κ2) is 10.9. The molecule has 0 bridgehead atoms. The summed E-state index contributed by atoms with van der Waals surface area (Å²) in [5.74, 6) is 2.04. The number of benzene rings is 3. The van der Waals surface area contributed by atoms with E-state index >= 15 is 0 Å². The lowest BCUT2D eigenvalue weighted by Gasteiger charge is -2.11. The van der Waals surface area contributed by atoms with Crippen LogP contribution in [-0.4, -0.2) is 39.9 Å². The smallest absolute Gasteiger partial charge is 0.323 e. The quantitative estimate of drug-likeness (QED) is 0.278. The molecule has 10 nitrogen and oxygen atoms in total. The fraction of sp³-hybridized carbons (Fsp3) is 0.143. The Labute approximate surface area is 219 Å². The zero-order chi connectivity index (χ0) is 26.5. The Morgan fingerprint density at radius 1 is 0.921 bits per heavy atom. The van der Waals surface area contributed by atoms with Crippen LogP contribution in [0.3, 0.4) is 0 Å². The number of carbonyl (C=O) groups is 1. The first-order valence-corrected chi connectivity index (χ1v) is 11.8. The third-order valence-corrected chi connectivity index (χ3v) is 5.77. The van der Waals surface area contributed by atoms with Crippen LogP contribution in [0.2, 0.25) is 0 Å². The van der Waals surface area contributed by atoms with Crippen LogP contribution in [0.15, 0.2) is 83.8 Å². The van der Waals surface area contributed by atoms with Gasteiger partial charge in [-0.05, 0) is 24.6 Å². The van der Waals surface area contributed by atoms with E-state index in [4.69, 9.17) is 14.0 Å². The number of rotatable bonds is 8. The predicted octanol–water partition coefficient (Wildman–Crippen LogP) is 5.62. The Balaban J connectivity index is 1.19. The standard InChI is InChI=1S/C28H26N6O4/c1-18-4-8-20(9-5-18)26-32-27(38-33-26)25-16-34(17-29-25)15-19-6-10-21(11-7-19)30-28(35)31-22-12-23(36-2)14-24(13-22)37-3/h4-14,16-17H,15H2,1-3H3,(H2,30,31,35). The Bertz CT molecular complexity index is 1520. The molecule has 0 aliphatic rings. The molecule has 0 aliphatic carbocycles. The molecule has 0 saturated carbocycles. The average molecular weight is 511 g/mol. The highest BCUT2D eigenvalue weighted by molar-refractivity contribution is 6.00. The van der Waals surface area contributed by atoms with E-state index in [1.54, 1.807) is 38.7 Å². The highest BCUT2D eigenvalue weighted by atomic mass is 16.5. The summed E-state index contributed by atoms with van der Waals surface area (Å²) < 4.78 is 17.8. The van der Waals surface area contributed by atoms with Gasteiger partial charge >= 0.3 is 6.03 Å². The van der Waals surface area contributed by atoms with Crippen molar-refractivity contribution in [3.63, 3.8) is 0 Å². The van der Waals surface area contributed by atoms with Crippen molar-refractivity contribution >= 4 is 17.4 Å². The SMILES string of the molecule is COc1cc(NC(=O)Nc2ccc(Cn3cnc(-c4nc(-c5ccc(C)cc5)no4)c3)cc2)cc(OC)c1. The van der Waals surface area contributed by atoms with Gasteiger partial charge in [0.25, 0.3) is 5.89 Å². The van der Waals surface area contributed by atoms with E-state index in [1.807, 2.05) is 66.2 Å². The molecular weight excluding hydrogens is 484 g/mol. The lowest BCUT2D eigenvalue weighted by Crippen LogP contribution is -2.19. The fourth-order valence-electron chi connectivity index (χ4n) is 3.78. The molecule has 0 radical (unpaired) electrons. The van der Waals surface area contributed by atoms with Crippen molar-refractivity contribution in [1.82, 2.24) is 19.7 Å². The van der Waals surface area contributed by atoms with E-state index < -0.39 is 0 Å². The predicted molar refractivity (Wildman–Crippen MR) is 143 cm³/mol. The van der Waals surface area contributed by atoms with Crippen molar-refractivity contribution in [3.8, 4) is 34.5 Å². The first-order chi connectivity index (χ1) is 18.5. The molecule has 0 atom stereocenters. The zero-order valence-corrected chi connectivity index (χ0v) is 21.1. The van der Waals surface area contributed by atoms with Gasteiger partial charge in [0, 0.05) is 47.9 Å². The molecule has 192 valence electrons. The number of hydrogen-bond acceptors (Lipinski definition) is 7. The molecule has 0 unspecified atom stereocenters. The van der Waals surface area contributed by atoms with Crippen molar-refractivity contribution in [2.75, 3.05) is 24.9 Å². The van der Waals surface area contributed by atoms with E-state index in [1.165, 1.54) is 0 Å². The largest absolute Gasteiger partial charge is 0.497 e. The molecule has 0 fully saturated rings. The number of aromatic nitrogens is 4. The normalized spacial score (nSPS) is 10.7. The highest BCUT2D eigenvalue weighted by Gasteiger charge is 2.13. The second-order valence-corrected chi connectivity index (χ2v) is 8.60. The number of hydrogen-bond donors (Lipinski definition) is 2. The van der Waals surface area contributed by atoms with Crippen LogP contribution >= 0.6 is 0 Å². The number of nitrogens with one attached hydrogen (secondary N) is 2. The van der Waals surface area contributed by atoms with E-state index in [-0.39, 0.29) is 6.03 Å². The van der Waals surface area contributed by atoms with Gasteiger partial charge in [-0.25, -0.2) is 9.78 Å². The van der Waals surface area contributed by atoms with Gasteiger partial charge in [-0.1, -0.05) is 47.1 Å². The highest BCUT2D eigenvalue weighted by Crippen LogP contribution is 2.26. The van der Waals surface area contributed by atoms with Crippen LogP contribution in [0.1, 0.15) is 11.1 Å². The molecule has 2 amide bonds. The molecule has 0 spiro atoms. The summed E-state index contributed by atoms with van der Waals surface area (Å²) in [6.45, 7) is 2.61. The second-order valence-electron chi connectivity index (χ2n) is 8.60. The number of ether oxygens (including phenoxy) is 2. The van der Waals surface area contributed by atoms with Gasteiger partial charge in [0.1, 0.15) is 17.2 Å². The van der Waals surface area contributed by atoms with Crippen LogP contribution in [0.5, 0.6) is 11.5 Å². The number of amides is 2. The van der Waals surface area contributed by atoms with Crippen molar-refractivity contribution in [2.24, 2.45) is 0 Å². The van der Waals surface area contributed by atoms with Crippen LogP contribution in [-0.2, 0) is 6.54 Å². The molecule has 38 heavy (non-hydrogen) atoms. The summed E-state index contributed by atoms with van der Waals surface area (Å²) in [7, 11) is 3.11. The number of anilines is 2. The average Bonchev–Trinajstić information content (AvgIpc) is 3.60. The topological polar surface area (TPSA) is 116 Å². The van der Waals surface area contributed by atoms with E-state index in [0.717, 1.165) is 16.7 Å². The van der Waals surface area contributed by atoms with Gasteiger partial charge < -0.3 is 29.2 Å². The number of nitrogens with zero attached hydrogens (tertiary/aromatic N) is 4. The van der Waals surface area contributed by atoms with Crippen molar-refractivity contribution < 1.29 is 18.8 Å². The first-order valence-electron chi connectivity index (χ1n) is 11.8. The molecule has 0 saturated heterocycles. The van der Waals surface area contributed by atoms with E-state index in [0.29, 0.717) is 46.8 Å². The Kier molecular flexibility index (Phi) is 7.03. The van der Waals surface area contributed by atoms with Crippen molar-refractivity contribution in [3.05, 3.63) is 90.4 Å². The molecule has 2 aromatic heterocycles. The third kappa shape index (κ3) is 5.81. The van der Waals surface area contributed by atoms with E-state index in [9.17, 15) is 4.79 Å². The van der Waals surface area contributed by atoms with Crippen LogP contribution in [0.4, 0.5) is 16.2 Å². The van der Waals surface area contributed by atoms with E-state index in [2.05, 4.69) is 25.8 Å². The summed E-state index contributed by atoms with van der Waals surface area (Å²) in [4.78, 5) is 21.3. The van der Waals surface area contributed by atoms with Gasteiger partial charge in [0.2, 0.25) is 5.82 Å². The van der Waals surface area contributed by atoms with Gasteiger partial charge in [0.15, 0.2) is 0 Å². The van der Waals surface area contributed by atoms with Crippen molar-refractivity contribution in [2.45, 2.75) is 13.5 Å². The van der Waals surface area contributed by atoms with Gasteiger partial charge in [0.05, 0.1) is 20.5 Å². The van der Waals surface area contributed by atoms with Crippen molar-refractivity contribution in [1.29, 1.82) is 0 Å².